The van der Waals surface area contributed by atoms with Crippen molar-refractivity contribution in [2.24, 2.45) is 0 Å². The Hall–Kier alpha value is -0.340. The molecule has 0 saturated carbocycles. The Labute approximate surface area is 81.2 Å². The van der Waals surface area contributed by atoms with Crippen molar-refractivity contribution < 1.29 is 5.21 Å². The molecule has 0 aromatic heterocycles. The third-order valence-electron chi connectivity index (χ3n) is 2.87. The Kier molecular flexibility index (Phi) is 2.56. The maximum atomic E-state index is 9.98. The molecule has 1 aliphatic heterocycles. The second-order valence-electron chi connectivity index (χ2n) is 5.24. The van der Waals surface area contributed by atoms with Gasteiger partial charge in [0.15, 0.2) is 0 Å². The van der Waals surface area contributed by atoms with Gasteiger partial charge < -0.3 is 5.21 Å². The maximum Gasteiger partial charge on any atom is 0.0447 e. The number of nitrogens with zero attached hydrogens (tertiary/aromatic N) is 1. The van der Waals surface area contributed by atoms with Crippen LogP contribution in [-0.4, -0.2) is 21.3 Å². The van der Waals surface area contributed by atoms with Crippen LogP contribution in [0, 0.1) is 0 Å². The highest BCUT2D eigenvalue weighted by molar-refractivity contribution is 5.15. The fourth-order valence-electron chi connectivity index (χ4n) is 2.35. The molecule has 0 aromatic carbocycles. The molecule has 1 N–H and O–H groups in total. The number of hydrogen-bond donors (Lipinski definition) is 1. The molecule has 0 bridgehead atoms. The van der Waals surface area contributed by atoms with E-state index in [4.69, 9.17) is 0 Å². The van der Waals surface area contributed by atoms with Crippen LogP contribution in [0.2, 0.25) is 0 Å². The van der Waals surface area contributed by atoms with Gasteiger partial charge in [0, 0.05) is 11.1 Å². The SMILES string of the molecule is CC=C1CC(C)(C)N(O)C(C)(C)C1. The molecule has 0 amide bonds. The van der Waals surface area contributed by atoms with Gasteiger partial charge in [0.05, 0.1) is 0 Å². The number of piperidine rings is 1. The van der Waals surface area contributed by atoms with E-state index in [0.717, 1.165) is 12.8 Å². The van der Waals surface area contributed by atoms with Crippen LogP contribution in [0.15, 0.2) is 11.6 Å². The summed E-state index contributed by atoms with van der Waals surface area (Å²) in [6.07, 6.45) is 4.10. The summed E-state index contributed by atoms with van der Waals surface area (Å²) in [6.45, 7) is 10.4. The molecule has 0 aromatic rings. The van der Waals surface area contributed by atoms with Gasteiger partial charge in [-0.1, -0.05) is 11.6 Å². The molecule has 76 valence electrons. The predicted octanol–water partition coefficient (Wildman–Crippen LogP) is 2.97. The van der Waals surface area contributed by atoms with Crippen LogP contribution in [0.3, 0.4) is 0 Å². The van der Waals surface area contributed by atoms with E-state index in [1.165, 1.54) is 10.6 Å². The van der Waals surface area contributed by atoms with E-state index in [9.17, 15) is 5.21 Å². The molecule has 0 spiro atoms. The van der Waals surface area contributed by atoms with E-state index >= 15 is 0 Å². The third-order valence-corrected chi connectivity index (χ3v) is 2.87. The quantitative estimate of drug-likeness (QED) is 0.584. The van der Waals surface area contributed by atoms with Gasteiger partial charge in [0.2, 0.25) is 0 Å². The van der Waals surface area contributed by atoms with Crippen LogP contribution >= 0.6 is 0 Å². The molecule has 0 atom stereocenters. The summed E-state index contributed by atoms with van der Waals surface area (Å²) in [7, 11) is 0. The molecule has 0 radical (unpaired) electrons. The van der Waals surface area contributed by atoms with Gasteiger partial charge in [0.1, 0.15) is 0 Å². The normalized spacial score (nSPS) is 27.4. The minimum Gasteiger partial charge on any atom is -0.313 e. The fourth-order valence-corrected chi connectivity index (χ4v) is 2.35. The van der Waals surface area contributed by atoms with Crippen LogP contribution in [0.5, 0.6) is 0 Å². The average Bonchev–Trinajstić information content (AvgIpc) is 1.99. The lowest BCUT2D eigenvalue weighted by atomic mass is 9.79. The van der Waals surface area contributed by atoms with E-state index in [2.05, 4.69) is 40.7 Å². The van der Waals surface area contributed by atoms with Crippen LogP contribution in [-0.2, 0) is 0 Å². The van der Waals surface area contributed by atoms with E-state index in [-0.39, 0.29) is 11.1 Å². The van der Waals surface area contributed by atoms with Gasteiger partial charge in [-0.05, 0) is 47.5 Å². The molecule has 1 fully saturated rings. The minimum atomic E-state index is -0.135. The zero-order valence-electron chi connectivity index (χ0n) is 9.39. The van der Waals surface area contributed by atoms with Crippen LogP contribution in [0.1, 0.15) is 47.5 Å². The number of rotatable bonds is 0. The number of allylic oxidation sites excluding steroid dienone is 1. The zero-order valence-corrected chi connectivity index (χ0v) is 9.39. The van der Waals surface area contributed by atoms with E-state index in [1.807, 2.05) is 0 Å². The highest BCUT2D eigenvalue weighted by Crippen LogP contribution is 2.39. The molecular formula is C11H21NO. The van der Waals surface area contributed by atoms with Crippen molar-refractivity contribution in [3.8, 4) is 0 Å². The Morgan fingerprint density at radius 3 is 1.85 bits per heavy atom. The van der Waals surface area contributed by atoms with Gasteiger partial charge in [-0.2, -0.15) is 5.06 Å². The van der Waals surface area contributed by atoms with Crippen LogP contribution in [0.25, 0.3) is 0 Å². The zero-order chi connectivity index (χ0) is 10.3. The van der Waals surface area contributed by atoms with Crippen molar-refractivity contribution in [3.63, 3.8) is 0 Å². The molecule has 1 rings (SSSR count). The predicted molar refractivity (Wildman–Crippen MR) is 54.8 cm³/mol. The van der Waals surface area contributed by atoms with Crippen LogP contribution in [0.4, 0.5) is 0 Å². The number of hydroxylamine groups is 2. The Balaban J connectivity index is 2.95. The van der Waals surface area contributed by atoms with E-state index in [1.54, 1.807) is 0 Å². The monoisotopic (exact) mass is 183 g/mol. The van der Waals surface area contributed by atoms with Gasteiger partial charge in [-0.25, -0.2) is 0 Å². The summed E-state index contributed by atoms with van der Waals surface area (Å²) in [5.41, 5.74) is 1.17. The first-order valence-corrected chi connectivity index (χ1v) is 4.93. The third kappa shape index (κ3) is 1.94. The molecular weight excluding hydrogens is 162 g/mol. The van der Waals surface area contributed by atoms with Crippen molar-refractivity contribution in [2.45, 2.75) is 58.5 Å². The molecule has 2 heteroatoms. The van der Waals surface area contributed by atoms with Gasteiger partial charge in [0.25, 0.3) is 0 Å². The molecule has 13 heavy (non-hydrogen) atoms. The molecule has 0 aliphatic carbocycles. The lowest BCUT2D eigenvalue weighted by Gasteiger charge is -2.49. The van der Waals surface area contributed by atoms with E-state index in [0.29, 0.717) is 0 Å². The molecule has 0 unspecified atom stereocenters. The highest BCUT2D eigenvalue weighted by atomic mass is 16.5. The summed E-state index contributed by atoms with van der Waals surface area (Å²) < 4.78 is 0. The molecule has 1 saturated heterocycles. The Morgan fingerprint density at radius 1 is 1.15 bits per heavy atom. The molecule has 1 aliphatic rings. The Bertz CT molecular complexity index is 208. The lowest BCUT2D eigenvalue weighted by molar-refractivity contribution is -0.232. The summed E-state index contributed by atoms with van der Waals surface area (Å²) in [6, 6.07) is 0. The van der Waals surface area contributed by atoms with E-state index < -0.39 is 0 Å². The second kappa shape index (κ2) is 3.10. The molecule has 2 nitrogen and oxygen atoms in total. The van der Waals surface area contributed by atoms with Crippen molar-refractivity contribution in [1.29, 1.82) is 0 Å². The first-order valence-electron chi connectivity index (χ1n) is 4.93. The van der Waals surface area contributed by atoms with Crippen LogP contribution < -0.4 is 0 Å². The summed E-state index contributed by atoms with van der Waals surface area (Å²) in [4.78, 5) is 0. The fraction of sp³-hybridized carbons (Fsp3) is 0.818. The summed E-state index contributed by atoms with van der Waals surface area (Å²) >= 11 is 0. The smallest absolute Gasteiger partial charge is 0.0447 e. The van der Waals surface area contributed by atoms with Crippen molar-refractivity contribution in [2.75, 3.05) is 0 Å². The standard InChI is InChI=1S/C11H21NO/c1-6-9-7-10(2,3)12(13)11(4,5)8-9/h6,13H,7-8H2,1-5H3. The maximum absolute atomic E-state index is 9.98. The largest absolute Gasteiger partial charge is 0.313 e. The van der Waals surface area contributed by atoms with Gasteiger partial charge in [-0.3, -0.25) is 0 Å². The minimum absolute atomic E-state index is 0.135. The van der Waals surface area contributed by atoms with Crippen molar-refractivity contribution in [3.05, 3.63) is 11.6 Å². The second-order valence-corrected chi connectivity index (χ2v) is 5.24. The number of hydrogen-bond acceptors (Lipinski definition) is 2. The summed E-state index contributed by atoms with van der Waals surface area (Å²) in [5.74, 6) is 0. The van der Waals surface area contributed by atoms with Crippen molar-refractivity contribution >= 4 is 0 Å². The summed E-state index contributed by atoms with van der Waals surface area (Å²) in [5, 5.41) is 11.5. The van der Waals surface area contributed by atoms with Gasteiger partial charge in [-0.15, -0.1) is 0 Å². The first-order chi connectivity index (χ1) is 5.79. The topological polar surface area (TPSA) is 23.5 Å². The highest BCUT2D eigenvalue weighted by Gasteiger charge is 2.42. The average molecular weight is 183 g/mol. The first kappa shape index (κ1) is 10.7. The van der Waals surface area contributed by atoms with Gasteiger partial charge >= 0.3 is 0 Å². The van der Waals surface area contributed by atoms with Crippen molar-refractivity contribution in [1.82, 2.24) is 5.06 Å². The molecule has 1 heterocycles. The Morgan fingerprint density at radius 2 is 1.54 bits per heavy atom. The lowest BCUT2D eigenvalue weighted by Crippen LogP contribution is -2.57.